The van der Waals surface area contributed by atoms with Gasteiger partial charge in [-0.15, -0.1) is 0 Å². The summed E-state index contributed by atoms with van der Waals surface area (Å²) >= 11 is 0. The largest absolute Gasteiger partial charge is 0.394 e. The zero-order valence-corrected chi connectivity index (χ0v) is 15.4. The van der Waals surface area contributed by atoms with Crippen LogP contribution in [0.5, 0.6) is 0 Å². The molecule has 28 heavy (non-hydrogen) atoms. The van der Waals surface area contributed by atoms with Crippen LogP contribution >= 0.6 is 0 Å². The summed E-state index contributed by atoms with van der Waals surface area (Å²) in [5, 5.41) is 19.2. The van der Waals surface area contributed by atoms with Crippen LogP contribution in [0.25, 0.3) is 33.8 Å². The molecule has 0 saturated carbocycles. The van der Waals surface area contributed by atoms with E-state index in [0.717, 1.165) is 11.0 Å². The van der Waals surface area contributed by atoms with E-state index in [4.69, 9.17) is 0 Å². The number of aliphatic hydroxyl groups is 1. The number of benzene rings is 1. The molecule has 0 fully saturated rings. The van der Waals surface area contributed by atoms with E-state index < -0.39 is 5.54 Å². The molecule has 0 spiro atoms. The van der Waals surface area contributed by atoms with Crippen molar-refractivity contribution in [2.24, 2.45) is 0 Å². The van der Waals surface area contributed by atoms with E-state index in [0.29, 0.717) is 28.6 Å². The van der Waals surface area contributed by atoms with Gasteiger partial charge in [-0.1, -0.05) is 12.1 Å². The van der Waals surface area contributed by atoms with Crippen molar-refractivity contribution in [3.05, 3.63) is 53.1 Å². The maximum absolute atomic E-state index is 12.3. The highest BCUT2D eigenvalue weighted by molar-refractivity contribution is 5.79. The molecule has 4 N–H and O–H groups in total. The zero-order valence-electron chi connectivity index (χ0n) is 15.4. The zero-order chi connectivity index (χ0) is 19.7. The predicted molar refractivity (Wildman–Crippen MR) is 106 cm³/mol. The highest BCUT2D eigenvalue weighted by Crippen LogP contribution is 2.22. The van der Waals surface area contributed by atoms with Gasteiger partial charge < -0.3 is 15.4 Å². The van der Waals surface area contributed by atoms with Crippen molar-refractivity contribution in [1.82, 2.24) is 30.1 Å². The van der Waals surface area contributed by atoms with Gasteiger partial charge in [-0.05, 0) is 32.0 Å². The number of nitrogens with one attached hydrogen (secondary N) is 3. The molecule has 4 rings (SSSR count). The number of anilines is 1. The first-order valence-corrected chi connectivity index (χ1v) is 8.71. The van der Waals surface area contributed by atoms with Crippen molar-refractivity contribution < 1.29 is 5.11 Å². The summed E-state index contributed by atoms with van der Waals surface area (Å²) in [7, 11) is 0. The Morgan fingerprint density at radius 2 is 1.96 bits per heavy atom. The van der Waals surface area contributed by atoms with E-state index in [-0.39, 0.29) is 12.2 Å². The standard InChI is InChI=1S/C19H19N7O2/c1-19(2,9-27)24-16-8-14(20-10-21-16)15-7-11(18(28)26-25-15)17-22-12-5-3-4-6-13(12)23-17/h3-8,10,27H,9H2,1-2H3,(H,22,23)(H,26,28)(H,20,21,24). The van der Waals surface area contributed by atoms with Gasteiger partial charge >= 0.3 is 0 Å². The highest BCUT2D eigenvalue weighted by atomic mass is 16.3. The Labute approximate surface area is 159 Å². The number of para-hydroxylation sites is 2. The molecule has 0 aliphatic heterocycles. The Kier molecular flexibility index (Phi) is 4.36. The molecule has 142 valence electrons. The molecule has 0 amide bonds. The van der Waals surface area contributed by atoms with Gasteiger partial charge in [-0.3, -0.25) is 4.79 Å². The Balaban J connectivity index is 1.74. The van der Waals surface area contributed by atoms with E-state index in [1.54, 1.807) is 12.1 Å². The summed E-state index contributed by atoms with van der Waals surface area (Å²) in [6, 6.07) is 10.9. The first-order chi connectivity index (χ1) is 13.4. The van der Waals surface area contributed by atoms with Gasteiger partial charge in [0.25, 0.3) is 5.56 Å². The van der Waals surface area contributed by atoms with E-state index >= 15 is 0 Å². The fourth-order valence-corrected chi connectivity index (χ4v) is 2.75. The predicted octanol–water partition coefficient (Wildman–Crippen LogP) is 1.95. The minimum Gasteiger partial charge on any atom is -0.394 e. The van der Waals surface area contributed by atoms with Crippen LogP contribution in [0, 0.1) is 0 Å². The van der Waals surface area contributed by atoms with Crippen molar-refractivity contribution in [3.63, 3.8) is 0 Å². The Bertz CT molecular complexity index is 1160. The van der Waals surface area contributed by atoms with Crippen molar-refractivity contribution in [2.45, 2.75) is 19.4 Å². The summed E-state index contributed by atoms with van der Waals surface area (Å²) in [6.07, 6.45) is 1.40. The molecule has 0 unspecified atom stereocenters. The van der Waals surface area contributed by atoms with Gasteiger partial charge in [0.15, 0.2) is 0 Å². The van der Waals surface area contributed by atoms with E-state index in [1.165, 1.54) is 6.33 Å². The number of fused-ring (bicyclic) bond motifs is 1. The molecule has 0 radical (unpaired) electrons. The fourth-order valence-electron chi connectivity index (χ4n) is 2.75. The van der Waals surface area contributed by atoms with Crippen LogP contribution < -0.4 is 10.9 Å². The van der Waals surface area contributed by atoms with Crippen LogP contribution in [0.3, 0.4) is 0 Å². The molecule has 0 atom stereocenters. The number of hydrogen-bond donors (Lipinski definition) is 4. The van der Waals surface area contributed by atoms with Gasteiger partial charge in [0.05, 0.1) is 34.4 Å². The van der Waals surface area contributed by atoms with Gasteiger partial charge in [-0.2, -0.15) is 5.10 Å². The first kappa shape index (κ1) is 17.8. The third-order valence-corrected chi connectivity index (χ3v) is 4.24. The van der Waals surface area contributed by atoms with Gasteiger partial charge in [0.1, 0.15) is 23.7 Å². The second kappa shape index (κ2) is 6.86. The average Bonchev–Trinajstić information content (AvgIpc) is 3.12. The summed E-state index contributed by atoms with van der Waals surface area (Å²) in [5.74, 6) is 1.00. The van der Waals surface area contributed by atoms with Crippen LogP contribution in [-0.2, 0) is 0 Å². The summed E-state index contributed by atoms with van der Waals surface area (Å²) in [4.78, 5) is 28.4. The molecule has 0 aliphatic carbocycles. The molecule has 9 nitrogen and oxygen atoms in total. The van der Waals surface area contributed by atoms with Crippen LogP contribution in [-0.4, -0.2) is 47.4 Å². The number of aliphatic hydroxyl groups excluding tert-OH is 1. The van der Waals surface area contributed by atoms with Crippen LogP contribution in [0.1, 0.15) is 13.8 Å². The quantitative estimate of drug-likeness (QED) is 0.418. The maximum Gasteiger partial charge on any atom is 0.275 e. The third-order valence-electron chi connectivity index (χ3n) is 4.24. The Morgan fingerprint density at radius 3 is 2.75 bits per heavy atom. The number of H-pyrrole nitrogens is 2. The number of imidazole rings is 1. The minimum atomic E-state index is -0.538. The van der Waals surface area contributed by atoms with Gasteiger partial charge in [-0.25, -0.2) is 20.1 Å². The Hall–Kier alpha value is -3.59. The van der Waals surface area contributed by atoms with Crippen molar-refractivity contribution in [2.75, 3.05) is 11.9 Å². The molecule has 3 heterocycles. The molecule has 3 aromatic heterocycles. The van der Waals surface area contributed by atoms with E-state index in [2.05, 4.69) is 35.5 Å². The lowest BCUT2D eigenvalue weighted by molar-refractivity contribution is 0.234. The molecule has 0 saturated heterocycles. The lowest BCUT2D eigenvalue weighted by atomic mass is 10.1. The number of nitrogens with zero attached hydrogens (tertiary/aromatic N) is 4. The summed E-state index contributed by atoms with van der Waals surface area (Å²) < 4.78 is 0. The summed E-state index contributed by atoms with van der Waals surface area (Å²) in [5.41, 5.74) is 2.09. The van der Waals surface area contributed by atoms with Crippen molar-refractivity contribution >= 4 is 16.9 Å². The monoisotopic (exact) mass is 377 g/mol. The molecule has 9 heteroatoms. The summed E-state index contributed by atoms with van der Waals surface area (Å²) in [6.45, 7) is 3.65. The van der Waals surface area contributed by atoms with Gasteiger partial charge in [0, 0.05) is 6.07 Å². The average molecular weight is 377 g/mol. The Morgan fingerprint density at radius 1 is 1.14 bits per heavy atom. The molecule has 0 bridgehead atoms. The fraction of sp³-hybridized carbons (Fsp3) is 0.211. The smallest absolute Gasteiger partial charge is 0.275 e. The molecule has 4 aromatic rings. The molecule has 0 aliphatic rings. The van der Waals surface area contributed by atoms with E-state index in [9.17, 15) is 9.90 Å². The molecule has 1 aromatic carbocycles. The van der Waals surface area contributed by atoms with Crippen molar-refractivity contribution in [1.29, 1.82) is 0 Å². The number of rotatable bonds is 5. The number of hydrogen-bond acceptors (Lipinski definition) is 7. The maximum atomic E-state index is 12.3. The molecular formula is C19H19N7O2. The first-order valence-electron chi connectivity index (χ1n) is 8.71. The number of aromatic amines is 2. The normalized spacial score (nSPS) is 11.7. The van der Waals surface area contributed by atoms with Crippen LogP contribution in [0.4, 0.5) is 5.82 Å². The minimum absolute atomic E-state index is 0.0561. The SMILES string of the molecule is CC(C)(CO)Nc1cc(-c2cc(-c3nc4ccccc4[nH]3)c(=O)[nH]n2)ncn1. The third kappa shape index (κ3) is 3.47. The van der Waals surface area contributed by atoms with Crippen LogP contribution in [0.15, 0.2) is 47.5 Å². The highest BCUT2D eigenvalue weighted by Gasteiger charge is 2.17. The lowest BCUT2D eigenvalue weighted by Crippen LogP contribution is -2.35. The second-order valence-electron chi connectivity index (χ2n) is 7.05. The van der Waals surface area contributed by atoms with Crippen LogP contribution in [0.2, 0.25) is 0 Å². The van der Waals surface area contributed by atoms with Crippen molar-refractivity contribution in [3.8, 4) is 22.8 Å². The second-order valence-corrected chi connectivity index (χ2v) is 7.05. The molecular weight excluding hydrogens is 358 g/mol. The van der Waals surface area contributed by atoms with E-state index in [1.807, 2.05) is 38.1 Å². The number of aromatic nitrogens is 6. The topological polar surface area (TPSA) is 132 Å². The lowest BCUT2D eigenvalue weighted by Gasteiger charge is -2.24. The van der Waals surface area contributed by atoms with Gasteiger partial charge in [0.2, 0.25) is 0 Å².